The lowest BCUT2D eigenvalue weighted by Gasteiger charge is -2.27. The van der Waals surface area contributed by atoms with Gasteiger partial charge in [-0.1, -0.05) is 23.7 Å². The van der Waals surface area contributed by atoms with Gasteiger partial charge < -0.3 is 5.32 Å². The maximum absolute atomic E-state index is 13.0. The van der Waals surface area contributed by atoms with Crippen LogP contribution in [0.1, 0.15) is 19.4 Å². The highest BCUT2D eigenvalue weighted by atomic mass is 35.5. The molecule has 0 bridgehead atoms. The lowest BCUT2D eigenvalue weighted by atomic mass is 9.94. The molecule has 104 valence electrons. The van der Waals surface area contributed by atoms with Crippen LogP contribution in [0.5, 0.6) is 0 Å². The van der Waals surface area contributed by atoms with Crippen LogP contribution in [0.4, 0.5) is 4.39 Å². The second kappa shape index (κ2) is 6.68. The third-order valence-electron chi connectivity index (χ3n) is 2.74. The fourth-order valence-corrected chi connectivity index (χ4v) is 2.04. The monoisotopic (exact) mass is 284 g/mol. The van der Waals surface area contributed by atoms with Crippen molar-refractivity contribution in [1.29, 1.82) is 0 Å². The second-order valence-electron chi connectivity index (χ2n) is 4.70. The zero-order chi connectivity index (χ0) is 14.5. The van der Waals surface area contributed by atoms with Gasteiger partial charge in [0.1, 0.15) is 5.82 Å². The molecule has 0 saturated heterocycles. The van der Waals surface area contributed by atoms with Crippen LogP contribution in [0, 0.1) is 5.82 Å². The molecule has 0 aromatic heterocycles. The standard InChI is InChI=1S/C14H18ClFN2O/c1-4-7-17-13(19)9-18-14(2,3)11-6-5-10(16)8-12(11)15/h4-6,8,18H,1,7,9H2,2-3H3,(H,17,19). The molecule has 2 N–H and O–H groups in total. The summed E-state index contributed by atoms with van der Waals surface area (Å²) in [7, 11) is 0. The number of hydrogen-bond donors (Lipinski definition) is 2. The van der Waals surface area contributed by atoms with Crippen LogP contribution < -0.4 is 10.6 Å². The van der Waals surface area contributed by atoms with Crippen molar-refractivity contribution in [3.05, 3.63) is 47.3 Å². The molecule has 19 heavy (non-hydrogen) atoms. The largest absolute Gasteiger partial charge is 0.352 e. The van der Waals surface area contributed by atoms with Gasteiger partial charge in [0, 0.05) is 17.1 Å². The lowest BCUT2D eigenvalue weighted by molar-refractivity contribution is -0.120. The molecule has 0 spiro atoms. The summed E-state index contributed by atoms with van der Waals surface area (Å²) in [5.41, 5.74) is 0.211. The molecular formula is C14H18ClFN2O. The van der Waals surface area contributed by atoms with E-state index in [2.05, 4.69) is 17.2 Å². The molecule has 0 atom stereocenters. The third kappa shape index (κ3) is 4.65. The Morgan fingerprint density at radius 3 is 2.79 bits per heavy atom. The summed E-state index contributed by atoms with van der Waals surface area (Å²) in [5, 5.41) is 6.10. The van der Waals surface area contributed by atoms with E-state index in [1.165, 1.54) is 12.1 Å². The first-order valence-electron chi connectivity index (χ1n) is 5.95. The first-order chi connectivity index (χ1) is 8.86. The van der Waals surface area contributed by atoms with E-state index in [4.69, 9.17) is 11.6 Å². The van der Waals surface area contributed by atoms with E-state index < -0.39 is 5.54 Å². The number of rotatable bonds is 6. The summed E-state index contributed by atoms with van der Waals surface area (Å²) in [6.45, 7) is 7.86. The molecule has 5 heteroatoms. The van der Waals surface area contributed by atoms with Crippen LogP contribution >= 0.6 is 11.6 Å². The van der Waals surface area contributed by atoms with E-state index >= 15 is 0 Å². The molecule has 1 aromatic carbocycles. The maximum atomic E-state index is 13.0. The number of nitrogens with one attached hydrogen (secondary N) is 2. The van der Waals surface area contributed by atoms with E-state index in [9.17, 15) is 9.18 Å². The van der Waals surface area contributed by atoms with Crippen LogP contribution in [0.25, 0.3) is 0 Å². The van der Waals surface area contributed by atoms with Gasteiger partial charge in [-0.2, -0.15) is 0 Å². The Labute approximate surface area is 117 Å². The predicted molar refractivity (Wildman–Crippen MR) is 75.6 cm³/mol. The summed E-state index contributed by atoms with van der Waals surface area (Å²) < 4.78 is 13.0. The summed E-state index contributed by atoms with van der Waals surface area (Å²) in [6.07, 6.45) is 1.61. The van der Waals surface area contributed by atoms with Crippen molar-refractivity contribution in [2.24, 2.45) is 0 Å². The van der Waals surface area contributed by atoms with E-state index in [1.807, 2.05) is 13.8 Å². The average molecular weight is 285 g/mol. The summed E-state index contributed by atoms with van der Waals surface area (Å²) in [5.74, 6) is -0.514. The van der Waals surface area contributed by atoms with Gasteiger partial charge in [0.2, 0.25) is 5.91 Å². The molecular weight excluding hydrogens is 267 g/mol. The molecule has 1 aromatic rings. The van der Waals surface area contributed by atoms with Crippen LogP contribution in [0.2, 0.25) is 5.02 Å². The Morgan fingerprint density at radius 2 is 2.21 bits per heavy atom. The van der Waals surface area contributed by atoms with E-state index in [1.54, 1.807) is 12.1 Å². The molecule has 0 unspecified atom stereocenters. The average Bonchev–Trinajstić information content (AvgIpc) is 2.33. The minimum absolute atomic E-state index is 0.133. The molecule has 1 rings (SSSR count). The highest BCUT2D eigenvalue weighted by Crippen LogP contribution is 2.28. The topological polar surface area (TPSA) is 41.1 Å². The number of benzene rings is 1. The fourth-order valence-electron chi connectivity index (χ4n) is 1.64. The van der Waals surface area contributed by atoms with Crippen molar-refractivity contribution in [3.8, 4) is 0 Å². The first-order valence-corrected chi connectivity index (χ1v) is 6.33. The molecule has 0 aliphatic heterocycles. The molecule has 3 nitrogen and oxygen atoms in total. The number of halogens is 2. The number of amides is 1. The molecule has 0 aliphatic carbocycles. The number of carbonyl (C=O) groups is 1. The van der Waals surface area contributed by atoms with Crippen LogP contribution in [-0.4, -0.2) is 19.0 Å². The Morgan fingerprint density at radius 1 is 1.53 bits per heavy atom. The van der Waals surface area contributed by atoms with E-state index in [0.717, 1.165) is 5.56 Å². The first kappa shape index (κ1) is 15.7. The highest BCUT2D eigenvalue weighted by molar-refractivity contribution is 6.31. The predicted octanol–water partition coefficient (Wildman–Crippen LogP) is 2.61. The van der Waals surface area contributed by atoms with E-state index in [-0.39, 0.29) is 18.3 Å². The second-order valence-corrected chi connectivity index (χ2v) is 5.10. The van der Waals surface area contributed by atoms with Crippen LogP contribution in [-0.2, 0) is 10.3 Å². The van der Waals surface area contributed by atoms with Gasteiger partial charge in [0.15, 0.2) is 0 Å². The minimum Gasteiger partial charge on any atom is -0.352 e. The van der Waals surface area contributed by atoms with Crippen LogP contribution in [0.3, 0.4) is 0 Å². The third-order valence-corrected chi connectivity index (χ3v) is 3.05. The Kier molecular flexibility index (Phi) is 5.51. The highest BCUT2D eigenvalue weighted by Gasteiger charge is 2.23. The van der Waals surface area contributed by atoms with Gasteiger partial charge in [-0.3, -0.25) is 10.1 Å². The van der Waals surface area contributed by atoms with Gasteiger partial charge in [0.25, 0.3) is 0 Å². The Bertz CT molecular complexity index is 475. The quantitative estimate of drug-likeness (QED) is 0.789. The maximum Gasteiger partial charge on any atom is 0.234 e. The zero-order valence-corrected chi connectivity index (χ0v) is 11.9. The van der Waals surface area contributed by atoms with Gasteiger partial charge in [-0.15, -0.1) is 6.58 Å². The van der Waals surface area contributed by atoms with Gasteiger partial charge >= 0.3 is 0 Å². The van der Waals surface area contributed by atoms with Crippen molar-refractivity contribution in [1.82, 2.24) is 10.6 Å². The number of carbonyl (C=O) groups excluding carboxylic acids is 1. The Hall–Kier alpha value is -1.39. The van der Waals surface area contributed by atoms with Crippen molar-refractivity contribution in [3.63, 3.8) is 0 Å². The Balaban J connectivity index is 2.69. The molecule has 0 heterocycles. The minimum atomic E-state index is -0.531. The fraction of sp³-hybridized carbons (Fsp3) is 0.357. The molecule has 1 amide bonds. The van der Waals surface area contributed by atoms with Gasteiger partial charge in [0.05, 0.1) is 6.54 Å². The van der Waals surface area contributed by atoms with Gasteiger partial charge in [-0.25, -0.2) is 4.39 Å². The van der Waals surface area contributed by atoms with Crippen molar-refractivity contribution in [2.75, 3.05) is 13.1 Å². The van der Waals surface area contributed by atoms with Gasteiger partial charge in [-0.05, 0) is 31.5 Å². The van der Waals surface area contributed by atoms with Crippen molar-refractivity contribution >= 4 is 17.5 Å². The molecule has 0 fully saturated rings. The SMILES string of the molecule is C=CCNC(=O)CNC(C)(C)c1ccc(F)cc1Cl. The number of hydrogen-bond acceptors (Lipinski definition) is 2. The van der Waals surface area contributed by atoms with Crippen LogP contribution in [0.15, 0.2) is 30.9 Å². The van der Waals surface area contributed by atoms with E-state index in [0.29, 0.717) is 11.6 Å². The normalized spacial score (nSPS) is 11.2. The molecule has 0 radical (unpaired) electrons. The van der Waals surface area contributed by atoms with Crippen molar-refractivity contribution in [2.45, 2.75) is 19.4 Å². The lowest BCUT2D eigenvalue weighted by Crippen LogP contribution is -2.43. The molecule has 0 saturated carbocycles. The zero-order valence-electron chi connectivity index (χ0n) is 11.1. The van der Waals surface area contributed by atoms with Crippen molar-refractivity contribution < 1.29 is 9.18 Å². The molecule has 0 aliphatic rings. The summed E-state index contributed by atoms with van der Waals surface area (Å²) in [6, 6.07) is 4.23. The summed E-state index contributed by atoms with van der Waals surface area (Å²) in [4.78, 5) is 11.5. The smallest absolute Gasteiger partial charge is 0.234 e. The summed E-state index contributed by atoms with van der Waals surface area (Å²) >= 11 is 6.02.